The molecule has 1 N–H and O–H groups in total. The number of carbonyl (C=O) groups excluding carboxylic acids is 1. The van der Waals surface area contributed by atoms with Gasteiger partial charge in [-0.25, -0.2) is 0 Å². The zero-order valence-electron chi connectivity index (χ0n) is 13.5. The van der Waals surface area contributed by atoms with Gasteiger partial charge in [0.2, 0.25) is 5.91 Å². The van der Waals surface area contributed by atoms with E-state index < -0.39 is 0 Å². The van der Waals surface area contributed by atoms with Gasteiger partial charge in [0, 0.05) is 24.9 Å². The molecule has 1 atom stereocenters. The Morgan fingerprint density at radius 2 is 2.26 bits per heavy atom. The van der Waals surface area contributed by atoms with E-state index in [0.29, 0.717) is 18.9 Å². The number of nitrogens with one attached hydrogen (secondary N) is 1. The maximum atomic E-state index is 12.2. The summed E-state index contributed by atoms with van der Waals surface area (Å²) in [5.74, 6) is 0.883. The molecule has 122 valence electrons. The first-order valence-corrected chi connectivity index (χ1v) is 8.31. The van der Waals surface area contributed by atoms with Crippen LogP contribution in [0.25, 0.3) is 0 Å². The van der Waals surface area contributed by atoms with Gasteiger partial charge in [0.1, 0.15) is 6.33 Å². The minimum Gasteiger partial charge on any atom is -0.346 e. The number of aryl methyl sites for hydroxylation is 1. The van der Waals surface area contributed by atoms with Crippen molar-refractivity contribution >= 4 is 5.91 Å². The lowest BCUT2D eigenvalue weighted by Crippen LogP contribution is -2.29. The molecule has 0 bridgehead atoms. The largest absolute Gasteiger partial charge is 0.346 e. The Hall–Kier alpha value is -2.24. The Balaban J connectivity index is 1.55. The van der Waals surface area contributed by atoms with Gasteiger partial charge in [0.25, 0.3) is 0 Å². The molecule has 6 heteroatoms. The van der Waals surface area contributed by atoms with Crippen molar-refractivity contribution in [2.75, 3.05) is 0 Å². The van der Waals surface area contributed by atoms with Gasteiger partial charge in [-0.15, -0.1) is 10.2 Å². The van der Waals surface area contributed by atoms with Gasteiger partial charge in [-0.1, -0.05) is 18.9 Å². The van der Waals surface area contributed by atoms with Crippen LogP contribution in [0.3, 0.4) is 0 Å². The van der Waals surface area contributed by atoms with Crippen molar-refractivity contribution < 1.29 is 4.79 Å². The molecule has 1 aliphatic carbocycles. The maximum absolute atomic E-state index is 12.2. The predicted molar refractivity (Wildman–Crippen MR) is 86.6 cm³/mol. The summed E-state index contributed by atoms with van der Waals surface area (Å²) in [6.45, 7) is 1.97. The van der Waals surface area contributed by atoms with Crippen LogP contribution in [0.2, 0.25) is 0 Å². The van der Waals surface area contributed by atoms with E-state index in [1.165, 1.54) is 25.7 Å². The third-order valence-electron chi connectivity index (χ3n) is 4.45. The van der Waals surface area contributed by atoms with Gasteiger partial charge in [0.05, 0.1) is 6.04 Å². The van der Waals surface area contributed by atoms with Crippen LogP contribution >= 0.6 is 0 Å². The van der Waals surface area contributed by atoms with Gasteiger partial charge in [0.15, 0.2) is 5.82 Å². The standard InChI is InChI=1S/C17H23N5O/c1-13(17-21-19-12-22(17)15-6-2-3-7-15)20-16(23)9-8-14-5-4-10-18-11-14/h4-5,10-13,15H,2-3,6-9H2,1H3,(H,20,23)/t13-/m1/s1. The van der Waals surface area contributed by atoms with Gasteiger partial charge >= 0.3 is 0 Å². The monoisotopic (exact) mass is 313 g/mol. The number of hydrogen-bond acceptors (Lipinski definition) is 4. The number of amides is 1. The number of nitrogens with zero attached hydrogens (tertiary/aromatic N) is 4. The van der Waals surface area contributed by atoms with Crippen LogP contribution in [-0.4, -0.2) is 25.7 Å². The van der Waals surface area contributed by atoms with E-state index in [1.54, 1.807) is 18.7 Å². The zero-order chi connectivity index (χ0) is 16.1. The Labute approximate surface area is 136 Å². The molecular formula is C17H23N5O. The summed E-state index contributed by atoms with van der Waals surface area (Å²) in [7, 11) is 0. The first-order chi connectivity index (χ1) is 11.2. The molecule has 0 aromatic carbocycles. The van der Waals surface area contributed by atoms with Crippen molar-refractivity contribution in [2.45, 2.75) is 57.5 Å². The second-order valence-electron chi connectivity index (χ2n) is 6.19. The van der Waals surface area contributed by atoms with Crippen LogP contribution < -0.4 is 5.32 Å². The highest BCUT2D eigenvalue weighted by Crippen LogP contribution is 2.31. The van der Waals surface area contributed by atoms with Gasteiger partial charge in [-0.2, -0.15) is 0 Å². The Bertz CT molecular complexity index is 633. The van der Waals surface area contributed by atoms with E-state index in [-0.39, 0.29) is 11.9 Å². The number of carbonyl (C=O) groups is 1. The van der Waals surface area contributed by atoms with Crippen molar-refractivity contribution in [2.24, 2.45) is 0 Å². The second kappa shape index (κ2) is 7.35. The summed E-state index contributed by atoms with van der Waals surface area (Å²) >= 11 is 0. The van der Waals surface area contributed by atoms with Crippen molar-refractivity contribution in [3.63, 3.8) is 0 Å². The van der Waals surface area contributed by atoms with Crippen LogP contribution in [0.4, 0.5) is 0 Å². The summed E-state index contributed by atoms with van der Waals surface area (Å²) < 4.78 is 2.14. The SMILES string of the molecule is C[C@@H](NC(=O)CCc1cccnc1)c1nncn1C1CCCC1. The van der Waals surface area contributed by atoms with E-state index in [1.807, 2.05) is 19.1 Å². The van der Waals surface area contributed by atoms with Crippen LogP contribution in [0.1, 0.15) is 62.5 Å². The van der Waals surface area contributed by atoms with Gasteiger partial charge in [-0.3, -0.25) is 9.78 Å². The number of aromatic nitrogens is 4. The highest BCUT2D eigenvalue weighted by molar-refractivity contribution is 5.76. The fourth-order valence-electron chi connectivity index (χ4n) is 3.21. The van der Waals surface area contributed by atoms with Crippen molar-refractivity contribution in [3.05, 3.63) is 42.2 Å². The molecule has 2 heterocycles. The summed E-state index contributed by atoms with van der Waals surface area (Å²) in [5, 5.41) is 11.3. The van der Waals surface area contributed by atoms with Crippen LogP contribution in [-0.2, 0) is 11.2 Å². The van der Waals surface area contributed by atoms with Crippen LogP contribution in [0.15, 0.2) is 30.9 Å². The lowest BCUT2D eigenvalue weighted by Gasteiger charge is -2.18. The van der Waals surface area contributed by atoms with Crippen molar-refractivity contribution in [3.8, 4) is 0 Å². The number of hydrogen-bond donors (Lipinski definition) is 1. The highest BCUT2D eigenvalue weighted by atomic mass is 16.1. The summed E-state index contributed by atoms with van der Waals surface area (Å²) in [6, 6.07) is 4.23. The molecule has 1 amide bonds. The molecule has 1 aliphatic rings. The fraction of sp³-hybridized carbons (Fsp3) is 0.529. The van der Waals surface area contributed by atoms with Crippen molar-refractivity contribution in [1.82, 2.24) is 25.1 Å². The molecule has 2 aromatic heterocycles. The van der Waals surface area contributed by atoms with E-state index in [4.69, 9.17) is 0 Å². The molecule has 1 saturated carbocycles. The van der Waals surface area contributed by atoms with Crippen LogP contribution in [0, 0.1) is 0 Å². The Kier molecular flexibility index (Phi) is 5.00. The van der Waals surface area contributed by atoms with E-state index in [9.17, 15) is 4.79 Å². The third-order valence-corrected chi connectivity index (χ3v) is 4.45. The first-order valence-electron chi connectivity index (χ1n) is 8.31. The van der Waals surface area contributed by atoms with E-state index in [0.717, 1.165) is 11.4 Å². The normalized spacial score (nSPS) is 16.4. The molecule has 0 aliphatic heterocycles. The molecule has 6 nitrogen and oxygen atoms in total. The smallest absolute Gasteiger partial charge is 0.220 e. The Morgan fingerprint density at radius 3 is 3.00 bits per heavy atom. The number of rotatable bonds is 6. The molecule has 1 fully saturated rings. The molecule has 0 unspecified atom stereocenters. The predicted octanol–water partition coefficient (Wildman–Crippen LogP) is 2.60. The minimum absolute atomic E-state index is 0.0299. The molecular weight excluding hydrogens is 290 g/mol. The summed E-state index contributed by atoms with van der Waals surface area (Å²) in [4.78, 5) is 16.2. The molecule has 0 radical (unpaired) electrons. The zero-order valence-corrected chi connectivity index (χ0v) is 13.5. The maximum Gasteiger partial charge on any atom is 0.220 e. The lowest BCUT2D eigenvalue weighted by molar-refractivity contribution is -0.121. The van der Waals surface area contributed by atoms with Crippen molar-refractivity contribution in [1.29, 1.82) is 0 Å². The molecule has 0 spiro atoms. The minimum atomic E-state index is -0.125. The molecule has 3 rings (SSSR count). The topological polar surface area (TPSA) is 72.7 Å². The molecule has 2 aromatic rings. The first kappa shape index (κ1) is 15.6. The lowest BCUT2D eigenvalue weighted by atomic mass is 10.1. The van der Waals surface area contributed by atoms with E-state index >= 15 is 0 Å². The average molecular weight is 313 g/mol. The quantitative estimate of drug-likeness (QED) is 0.889. The summed E-state index contributed by atoms with van der Waals surface area (Å²) in [6.07, 6.45) is 11.3. The van der Waals surface area contributed by atoms with Gasteiger partial charge < -0.3 is 9.88 Å². The van der Waals surface area contributed by atoms with E-state index in [2.05, 4.69) is 25.1 Å². The Morgan fingerprint density at radius 1 is 1.43 bits per heavy atom. The molecule has 23 heavy (non-hydrogen) atoms. The molecule has 0 saturated heterocycles. The third kappa shape index (κ3) is 3.94. The van der Waals surface area contributed by atoms with Crippen LogP contribution in [0.5, 0.6) is 0 Å². The summed E-state index contributed by atoms with van der Waals surface area (Å²) in [5.41, 5.74) is 1.07. The fourth-order valence-corrected chi connectivity index (χ4v) is 3.21. The second-order valence-corrected chi connectivity index (χ2v) is 6.19. The highest BCUT2D eigenvalue weighted by Gasteiger charge is 2.23. The van der Waals surface area contributed by atoms with Gasteiger partial charge in [-0.05, 0) is 37.8 Å². The average Bonchev–Trinajstić information content (AvgIpc) is 3.24. The number of pyridine rings is 1.